The highest BCUT2D eigenvalue weighted by Gasteiger charge is 2.51. The van der Waals surface area contributed by atoms with Gasteiger partial charge in [-0.15, -0.1) is 0 Å². The molecular weight excluding hydrogens is 999 g/mol. The van der Waals surface area contributed by atoms with Crippen molar-refractivity contribution < 1.29 is 90.4 Å². The number of carboxylic acids is 1. The van der Waals surface area contributed by atoms with Crippen LogP contribution in [0.25, 0.3) is 11.2 Å². The van der Waals surface area contributed by atoms with Crippen molar-refractivity contribution in [2.24, 2.45) is 16.2 Å². The number of carboxylic acid groups (broad SMARTS) is 1. The number of rotatable bonds is 30. The third-order valence-electron chi connectivity index (χ3n) is 12.4. The number of imidazole rings is 1. The van der Waals surface area contributed by atoms with E-state index in [0.29, 0.717) is 6.42 Å². The van der Waals surface area contributed by atoms with E-state index in [1.165, 1.54) is 25.0 Å². The number of ketones is 1. The molecule has 7 atom stereocenters. The Bertz CT molecular complexity index is 2520. The number of aliphatic carboxylic acids is 1. The number of aromatic nitrogens is 4. The van der Waals surface area contributed by atoms with Crippen LogP contribution >= 0.6 is 23.5 Å². The van der Waals surface area contributed by atoms with Gasteiger partial charge in [-0.1, -0.05) is 44.5 Å². The van der Waals surface area contributed by atoms with Crippen molar-refractivity contribution in [1.82, 2.24) is 30.2 Å². The maximum atomic E-state index is 13.1. The highest BCUT2D eigenvalue weighted by atomic mass is 31.3. The van der Waals surface area contributed by atoms with Crippen LogP contribution in [0.5, 0.6) is 0 Å². The fourth-order valence-electron chi connectivity index (χ4n) is 7.91. The number of carbonyl (C=O) groups excluding carboxylic acids is 3. The summed E-state index contributed by atoms with van der Waals surface area (Å²) >= 11 is 0. The maximum absolute atomic E-state index is 13.1. The second-order valence-corrected chi connectivity index (χ2v) is 23.3. The minimum atomic E-state index is -5.60. The Kier molecular flexibility index (Phi) is 19.4. The summed E-state index contributed by atoms with van der Waals surface area (Å²) in [6.07, 6.45) is 0.236. The molecule has 0 bridgehead atoms. The largest absolute Gasteiger partial charge is 0.481 e. The molecule has 3 heterocycles. The third-order valence-corrected chi connectivity index (χ3v) is 15.5. The average Bonchev–Trinajstić information content (AvgIpc) is 3.85. The van der Waals surface area contributed by atoms with Crippen molar-refractivity contribution in [3.8, 4) is 0 Å². The lowest BCUT2D eigenvalue weighted by Gasteiger charge is -2.30. The minimum Gasteiger partial charge on any atom is -0.481 e. The zero-order valence-corrected chi connectivity index (χ0v) is 42.4. The average molecular weight is 1060 g/mol. The van der Waals surface area contributed by atoms with Crippen LogP contribution in [0.3, 0.4) is 0 Å². The summed E-state index contributed by atoms with van der Waals surface area (Å²) in [5, 5.41) is 36.0. The number of anilines is 1. The summed E-state index contributed by atoms with van der Waals surface area (Å²) in [6.45, 7) is 3.80. The Morgan fingerprint density at radius 2 is 1.58 bits per heavy atom. The molecule has 2 aliphatic rings. The molecule has 5 rings (SSSR count). The quantitative estimate of drug-likeness (QED) is 0.0339. The normalized spacial score (nSPS) is 21.3. The second-order valence-electron chi connectivity index (χ2n) is 19.1. The summed E-state index contributed by atoms with van der Waals surface area (Å²) in [5.74, 6) is -2.23. The molecule has 396 valence electrons. The first-order chi connectivity index (χ1) is 33.0. The fraction of sp³-hybridized carbons (Fsp3) is 0.643. The maximum Gasteiger partial charge on any atom is 0.481 e. The van der Waals surface area contributed by atoms with Crippen LogP contribution in [-0.2, 0) is 68.3 Å². The summed E-state index contributed by atoms with van der Waals surface area (Å²) in [5.41, 5.74) is 5.48. The molecule has 71 heavy (non-hydrogen) atoms. The Labute approximate surface area is 408 Å². The van der Waals surface area contributed by atoms with Gasteiger partial charge in [0.05, 0.1) is 25.0 Å². The van der Waals surface area contributed by atoms with E-state index in [0.717, 1.165) is 68.6 Å². The van der Waals surface area contributed by atoms with Crippen molar-refractivity contribution in [3.63, 3.8) is 0 Å². The standard InChI is InChI=1S/C42H64N7O19P3/c1-40(2,39(55)56)15-6-5-9-26-10-7-11-27(21-26)12-8-16-42(17-18-42)29(50)13-19-44-30(51)14-20-45-37(54)34(53)41(3,4)23-65-71(62,63)68-70(60,61)64-22-28-33(67-69(57,58)59)32(52)38(66-28)49-25-48-31-35(43)46-24-47-36(31)49/h7,10-11,21,24-25,28,32-34,38,52-53H,5-6,8-9,12-20,22-23H2,1-4H3,(H,44,51)(H,45,54)(H,55,56)(H,60,61)(H,62,63)(H2,43,46,47)(H2,57,58,59). The number of nitrogens with one attached hydrogen (secondary N) is 2. The molecule has 1 aliphatic carbocycles. The molecule has 26 nitrogen and oxygen atoms in total. The lowest BCUT2D eigenvalue weighted by Crippen LogP contribution is -2.46. The van der Waals surface area contributed by atoms with Crippen molar-refractivity contribution in [3.05, 3.63) is 48.0 Å². The molecule has 0 spiro atoms. The third kappa shape index (κ3) is 16.7. The predicted molar refractivity (Wildman–Crippen MR) is 249 cm³/mol. The monoisotopic (exact) mass is 1060 g/mol. The number of aliphatic hydroxyl groups excluding tert-OH is 2. The van der Waals surface area contributed by atoms with Crippen LogP contribution in [0.2, 0.25) is 0 Å². The van der Waals surface area contributed by atoms with Gasteiger partial charge in [0.25, 0.3) is 0 Å². The summed E-state index contributed by atoms with van der Waals surface area (Å²) in [4.78, 5) is 101. The number of aliphatic hydroxyl groups is 2. The van der Waals surface area contributed by atoms with E-state index >= 15 is 0 Å². The van der Waals surface area contributed by atoms with Gasteiger partial charge in [-0.2, -0.15) is 4.31 Å². The number of benzene rings is 1. The van der Waals surface area contributed by atoms with Crippen molar-refractivity contribution in [2.45, 2.75) is 129 Å². The van der Waals surface area contributed by atoms with Crippen LogP contribution in [0, 0.1) is 16.2 Å². The second kappa shape index (κ2) is 23.8. The van der Waals surface area contributed by atoms with Crippen molar-refractivity contribution >= 4 is 64.0 Å². The molecule has 29 heteroatoms. The zero-order chi connectivity index (χ0) is 52.6. The molecule has 1 aliphatic heterocycles. The van der Waals surface area contributed by atoms with Crippen LogP contribution in [0.15, 0.2) is 36.9 Å². The number of fused-ring (bicyclic) bond motifs is 1. The number of phosphoric acid groups is 3. The highest BCUT2D eigenvalue weighted by molar-refractivity contribution is 7.61. The summed E-state index contributed by atoms with van der Waals surface area (Å²) < 4.78 is 62.6. The fourth-order valence-corrected chi connectivity index (χ4v) is 10.7. The molecule has 11 N–H and O–H groups in total. The Hall–Kier alpha value is -4.10. The van der Waals surface area contributed by atoms with Crippen LogP contribution in [0.1, 0.15) is 103 Å². The molecule has 1 aromatic carbocycles. The number of nitrogens with two attached hydrogens (primary N) is 1. The molecule has 1 saturated heterocycles. The van der Waals surface area contributed by atoms with E-state index in [1.807, 2.05) is 6.07 Å². The van der Waals surface area contributed by atoms with Gasteiger partial charge in [-0.25, -0.2) is 28.6 Å². The molecule has 0 radical (unpaired) electrons. The lowest BCUT2D eigenvalue weighted by molar-refractivity contribution is -0.147. The first kappa shape index (κ1) is 57.8. The van der Waals surface area contributed by atoms with Gasteiger partial charge in [-0.3, -0.25) is 37.3 Å². The van der Waals surface area contributed by atoms with Gasteiger partial charge in [-0.05, 0) is 76.3 Å². The number of nitrogen functional groups attached to an aromatic ring is 1. The van der Waals surface area contributed by atoms with Gasteiger partial charge in [0, 0.05) is 36.8 Å². The van der Waals surface area contributed by atoms with E-state index in [4.69, 9.17) is 19.5 Å². The number of hydrogen-bond acceptors (Lipinski definition) is 18. The first-order valence-electron chi connectivity index (χ1n) is 22.8. The summed E-state index contributed by atoms with van der Waals surface area (Å²) in [6, 6.07) is 8.31. The molecule has 1 saturated carbocycles. The molecule has 2 aromatic heterocycles. The Balaban J connectivity index is 0.987. The molecule has 7 unspecified atom stereocenters. The van der Waals surface area contributed by atoms with E-state index < -0.39 is 101 Å². The van der Waals surface area contributed by atoms with E-state index in [1.54, 1.807) is 13.8 Å². The topological polar surface area (TPSA) is 401 Å². The van der Waals surface area contributed by atoms with Crippen LogP contribution < -0.4 is 16.4 Å². The SMILES string of the molecule is CC(C)(CCCCc1cccc(CCCC2(C(=O)CCNC(=O)CCNC(=O)C(O)C(C)(C)COP(=O)(O)OP(=O)(O)OCC3OC(n4cnc5c(N)ncnc54)C(O)C3OP(=O)(O)O)CC2)c1)C(=O)O. The number of aryl methyl sites for hydroxylation is 2. The predicted octanol–water partition coefficient (Wildman–Crippen LogP) is 2.99. The number of Topliss-reactive ketones (excluding diaryl/α,β-unsaturated/α-hetero) is 1. The zero-order valence-electron chi connectivity index (χ0n) is 39.7. The number of ether oxygens (including phenoxy) is 1. The smallest absolute Gasteiger partial charge is 0.481 e. The Morgan fingerprint density at radius 3 is 2.23 bits per heavy atom. The van der Waals surface area contributed by atoms with E-state index in [2.05, 4.69) is 52.6 Å². The Morgan fingerprint density at radius 1 is 0.930 bits per heavy atom. The van der Waals surface area contributed by atoms with Gasteiger partial charge in [0.1, 0.15) is 42.0 Å². The number of carbonyl (C=O) groups is 4. The first-order valence-corrected chi connectivity index (χ1v) is 27.3. The molecule has 2 fully saturated rings. The van der Waals surface area contributed by atoms with Crippen LogP contribution in [0.4, 0.5) is 5.82 Å². The van der Waals surface area contributed by atoms with E-state index in [9.17, 15) is 67.8 Å². The molecular formula is C42H64N7O19P3. The number of nitrogens with zero attached hydrogens (tertiary/aromatic N) is 4. The molecule has 2 amide bonds. The number of phosphoric ester groups is 3. The minimum absolute atomic E-state index is 0.0250. The number of hydrogen-bond donors (Lipinski definition) is 10. The van der Waals surface area contributed by atoms with Gasteiger partial charge in [0.2, 0.25) is 11.8 Å². The van der Waals surface area contributed by atoms with Gasteiger partial charge >= 0.3 is 29.4 Å². The van der Waals surface area contributed by atoms with E-state index in [-0.39, 0.29) is 48.7 Å². The number of amides is 2. The van der Waals surface area contributed by atoms with Gasteiger partial charge < -0.3 is 56.0 Å². The van der Waals surface area contributed by atoms with Crippen LogP contribution in [-0.4, -0.2) is 129 Å². The van der Waals surface area contributed by atoms with Crippen molar-refractivity contribution in [2.75, 3.05) is 32.0 Å². The molecule has 3 aromatic rings. The number of unbranched alkanes of at least 4 members (excludes halogenated alkanes) is 1. The van der Waals surface area contributed by atoms with Crippen molar-refractivity contribution in [1.29, 1.82) is 0 Å². The van der Waals surface area contributed by atoms with Gasteiger partial charge in [0.15, 0.2) is 17.7 Å². The lowest BCUT2D eigenvalue weighted by atomic mass is 9.87. The summed E-state index contributed by atoms with van der Waals surface area (Å²) in [7, 11) is -16.5. The highest BCUT2D eigenvalue weighted by Crippen LogP contribution is 2.61.